The zero-order valence-corrected chi connectivity index (χ0v) is 9.18. The number of Topliss-reactive ketones (excluding diaryl/α,β-unsaturated/α-hetero) is 1. The third kappa shape index (κ3) is 5.77. The average Bonchev–Trinajstić information content (AvgIpc) is 1.82. The van der Waals surface area contributed by atoms with E-state index in [0.717, 1.165) is 0 Å². The second kappa shape index (κ2) is 4.20. The van der Waals surface area contributed by atoms with E-state index in [-0.39, 0.29) is 5.78 Å². The third-order valence-electron chi connectivity index (χ3n) is 2.02. The lowest BCUT2D eigenvalue weighted by Gasteiger charge is -2.24. The van der Waals surface area contributed by atoms with Crippen LogP contribution in [-0.4, -0.2) is 28.7 Å². The molecule has 0 rings (SSSR count). The van der Waals surface area contributed by atoms with Crippen LogP contribution in [-0.2, 0) is 9.53 Å². The summed E-state index contributed by atoms with van der Waals surface area (Å²) >= 11 is 0. The molecule has 0 saturated heterocycles. The average molecular weight is 188 g/mol. The van der Waals surface area contributed by atoms with Crippen LogP contribution in [0, 0.1) is 0 Å². The van der Waals surface area contributed by atoms with Gasteiger partial charge in [-0.05, 0) is 41.0 Å². The Bertz CT molecular complexity index is 177. The minimum absolute atomic E-state index is 0.00301. The number of ether oxygens (including phenoxy) is 1. The lowest BCUT2D eigenvalue weighted by molar-refractivity contribution is -0.139. The van der Waals surface area contributed by atoms with Gasteiger partial charge in [0.25, 0.3) is 0 Å². The fraction of sp³-hybridized carbons (Fsp3) is 0.900. The Balaban J connectivity index is 3.84. The molecule has 0 aliphatic heterocycles. The number of rotatable bonds is 5. The minimum atomic E-state index is -0.731. The molecular formula is C10H20O3. The Hall–Kier alpha value is -0.410. The van der Waals surface area contributed by atoms with E-state index in [9.17, 15) is 9.90 Å². The maximum atomic E-state index is 11.0. The second-order valence-electron chi connectivity index (χ2n) is 4.48. The zero-order chi connectivity index (χ0) is 10.7. The smallest absolute Gasteiger partial charge is 0.160 e. The van der Waals surface area contributed by atoms with Crippen LogP contribution >= 0.6 is 0 Å². The summed E-state index contributed by atoms with van der Waals surface area (Å²) in [6.45, 7) is 8.81. The number of hydrogen-bond acceptors (Lipinski definition) is 3. The largest absolute Gasteiger partial charge is 0.390 e. The molecule has 0 aromatic rings. The van der Waals surface area contributed by atoms with Gasteiger partial charge >= 0.3 is 0 Å². The molecule has 0 heterocycles. The van der Waals surface area contributed by atoms with Crippen LogP contribution in [0.15, 0.2) is 0 Å². The molecule has 13 heavy (non-hydrogen) atoms. The van der Waals surface area contributed by atoms with Gasteiger partial charge in [0.15, 0.2) is 5.78 Å². The molecule has 3 nitrogen and oxygen atoms in total. The van der Waals surface area contributed by atoms with Gasteiger partial charge in [0.2, 0.25) is 0 Å². The van der Waals surface area contributed by atoms with Crippen molar-refractivity contribution in [1.82, 2.24) is 0 Å². The highest BCUT2D eigenvalue weighted by molar-refractivity contribution is 5.83. The van der Waals surface area contributed by atoms with Crippen LogP contribution in [0.3, 0.4) is 0 Å². The lowest BCUT2D eigenvalue weighted by Crippen LogP contribution is -2.34. The molecule has 78 valence electrons. The van der Waals surface area contributed by atoms with Crippen LogP contribution in [0.1, 0.15) is 41.0 Å². The summed E-state index contributed by atoms with van der Waals surface area (Å²) in [6.07, 6.45) is 0.531. The number of carbonyl (C=O) groups is 1. The Morgan fingerprint density at radius 3 is 2.08 bits per heavy atom. The summed E-state index contributed by atoms with van der Waals surface area (Å²) in [6, 6.07) is 0. The van der Waals surface area contributed by atoms with Crippen LogP contribution in [0.4, 0.5) is 0 Å². The highest BCUT2D eigenvalue weighted by Gasteiger charge is 2.25. The summed E-state index contributed by atoms with van der Waals surface area (Å²) in [5.41, 5.74) is -1.46. The molecule has 0 amide bonds. The van der Waals surface area contributed by atoms with Crippen LogP contribution in [0.5, 0.6) is 0 Å². The summed E-state index contributed by atoms with van der Waals surface area (Å²) in [5, 5.41) is 9.39. The van der Waals surface area contributed by atoms with Gasteiger partial charge in [-0.3, -0.25) is 4.79 Å². The van der Waals surface area contributed by atoms with Crippen molar-refractivity contribution < 1.29 is 14.6 Å². The van der Waals surface area contributed by atoms with E-state index < -0.39 is 11.2 Å². The van der Waals surface area contributed by atoms with Crippen molar-refractivity contribution in [3.05, 3.63) is 0 Å². The Kier molecular flexibility index (Phi) is 4.07. The van der Waals surface area contributed by atoms with Crippen molar-refractivity contribution in [3.8, 4) is 0 Å². The molecule has 0 aliphatic carbocycles. The van der Waals surface area contributed by atoms with E-state index in [1.165, 1.54) is 6.92 Å². The first kappa shape index (κ1) is 12.6. The molecule has 0 saturated carbocycles. The summed E-state index contributed by atoms with van der Waals surface area (Å²) < 4.78 is 5.36. The van der Waals surface area contributed by atoms with Crippen molar-refractivity contribution >= 4 is 5.78 Å². The van der Waals surface area contributed by atoms with Gasteiger partial charge in [-0.25, -0.2) is 0 Å². The number of carbonyl (C=O) groups excluding carboxylic acids is 1. The Morgan fingerprint density at radius 1 is 1.31 bits per heavy atom. The molecular weight excluding hydrogens is 168 g/mol. The fourth-order valence-electron chi connectivity index (χ4n) is 0.658. The van der Waals surface area contributed by atoms with Crippen molar-refractivity contribution in [2.45, 2.75) is 52.2 Å². The van der Waals surface area contributed by atoms with Gasteiger partial charge in [0.05, 0.1) is 12.2 Å². The van der Waals surface area contributed by atoms with Crippen molar-refractivity contribution in [1.29, 1.82) is 0 Å². The predicted octanol–water partition coefficient (Wildman–Crippen LogP) is 1.53. The molecule has 0 atom stereocenters. The minimum Gasteiger partial charge on any atom is -0.390 e. The Labute approximate surface area is 80.1 Å². The van der Waals surface area contributed by atoms with Crippen LogP contribution in [0.2, 0.25) is 0 Å². The highest BCUT2D eigenvalue weighted by Crippen LogP contribution is 2.14. The summed E-state index contributed by atoms with van der Waals surface area (Å²) in [4.78, 5) is 11.0. The molecule has 3 heteroatoms. The van der Waals surface area contributed by atoms with Crippen LogP contribution in [0.25, 0.3) is 0 Å². The summed E-state index contributed by atoms with van der Waals surface area (Å²) in [5.74, 6) is 0.00301. The van der Waals surface area contributed by atoms with Gasteiger partial charge in [-0.2, -0.15) is 0 Å². The number of aliphatic hydroxyl groups is 1. The van der Waals surface area contributed by atoms with Gasteiger partial charge < -0.3 is 9.84 Å². The van der Waals surface area contributed by atoms with E-state index in [1.54, 1.807) is 27.7 Å². The highest BCUT2D eigenvalue weighted by atomic mass is 16.5. The van der Waals surface area contributed by atoms with Gasteiger partial charge in [0, 0.05) is 0 Å². The first-order valence-corrected chi connectivity index (χ1v) is 4.52. The van der Waals surface area contributed by atoms with Crippen LogP contribution < -0.4 is 0 Å². The van der Waals surface area contributed by atoms with Crippen molar-refractivity contribution in [2.75, 3.05) is 6.61 Å². The van der Waals surface area contributed by atoms with Gasteiger partial charge in [0.1, 0.15) is 5.60 Å². The SMILES string of the molecule is CC(=O)C(C)(C)OCCC(C)(C)O. The summed E-state index contributed by atoms with van der Waals surface area (Å²) in [7, 11) is 0. The molecule has 0 spiro atoms. The number of ketones is 1. The maximum absolute atomic E-state index is 11.0. The molecule has 0 fully saturated rings. The molecule has 0 aromatic heterocycles. The van der Waals surface area contributed by atoms with E-state index in [4.69, 9.17) is 4.74 Å². The number of hydrogen-bond donors (Lipinski definition) is 1. The normalized spacial score (nSPS) is 13.1. The monoisotopic (exact) mass is 188 g/mol. The fourth-order valence-corrected chi connectivity index (χ4v) is 0.658. The third-order valence-corrected chi connectivity index (χ3v) is 2.02. The topological polar surface area (TPSA) is 46.5 Å². The zero-order valence-electron chi connectivity index (χ0n) is 9.18. The molecule has 0 unspecified atom stereocenters. The molecule has 0 aromatic carbocycles. The maximum Gasteiger partial charge on any atom is 0.160 e. The molecule has 0 aliphatic rings. The van der Waals surface area contributed by atoms with Gasteiger partial charge in [-0.1, -0.05) is 0 Å². The lowest BCUT2D eigenvalue weighted by atomic mass is 10.0. The van der Waals surface area contributed by atoms with E-state index >= 15 is 0 Å². The van der Waals surface area contributed by atoms with E-state index in [1.807, 2.05) is 0 Å². The van der Waals surface area contributed by atoms with Gasteiger partial charge in [-0.15, -0.1) is 0 Å². The Morgan fingerprint density at radius 2 is 1.77 bits per heavy atom. The predicted molar refractivity (Wildman–Crippen MR) is 51.6 cm³/mol. The van der Waals surface area contributed by atoms with Crippen molar-refractivity contribution in [3.63, 3.8) is 0 Å². The molecule has 0 bridgehead atoms. The molecule has 0 radical (unpaired) electrons. The first-order valence-electron chi connectivity index (χ1n) is 4.52. The standard InChI is InChI=1S/C10H20O3/c1-8(11)10(4,5)13-7-6-9(2,3)12/h12H,6-7H2,1-5H3. The quantitative estimate of drug-likeness (QED) is 0.711. The molecule has 1 N–H and O–H groups in total. The second-order valence-corrected chi connectivity index (χ2v) is 4.48. The first-order chi connectivity index (χ1) is 5.65. The van der Waals surface area contributed by atoms with E-state index in [2.05, 4.69) is 0 Å². The van der Waals surface area contributed by atoms with E-state index in [0.29, 0.717) is 13.0 Å². The van der Waals surface area contributed by atoms with Crippen molar-refractivity contribution in [2.24, 2.45) is 0 Å².